The van der Waals surface area contributed by atoms with Gasteiger partial charge in [-0.15, -0.1) is 0 Å². The van der Waals surface area contributed by atoms with Gasteiger partial charge < -0.3 is 4.74 Å². The third kappa shape index (κ3) is 3.76. The summed E-state index contributed by atoms with van der Waals surface area (Å²) >= 11 is 0. The fourth-order valence-electron chi connectivity index (χ4n) is 3.35. The lowest BCUT2D eigenvalue weighted by molar-refractivity contribution is -0.0748. The molecule has 1 aliphatic carbocycles. The van der Waals surface area contributed by atoms with Crippen LogP contribution in [0.2, 0.25) is 0 Å². The Morgan fingerprint density at radius 3 is 2.48 bits per heavy atom. The first-order valence-corrected chi connectivity index (χ1v) is 10.3. The molecule has 6 nitrogen and oxygen atoms in total. The number of aromatic nitrogens is 2. The van der Waals surface area contributed by atoms with E-state index in [1.807, 2.05) is 6.92 Å². The Labute approximate surface area is 156 Å². The van der Waals surface area contributed by atoms with Crippen molar-refractivity contribution in [3.05, 3.63) is 47.8 Å². The Morgan fingerprint density at radius 1 is 1.19 bits per heavy atom. The number of hydrogen-bond acceptors (Lipinski definition) is 4. The van der Waals surface area contributed by atoms with Gasteiger partial charge in [0.15, 0.2) is 0 Å². The Hall–Kier alpha value is -1.84. The van der Waals surface area contributed by atoms with Crippen LogP contribution in [-0.4, -0.2) is 41.7 Å². The largest absolute Gasteiger partial charge is 0.367 e. The summed E-state index contributed by atoms with van der Waals surface area (Å²) in [5.74, 6) is 0.314. The molecule has 4 rings (SSSR count). The summed E-state index contributed by atoms with van der Waals surface area (Å²) in [6, 6.07) is 6.71. The Kier molecular flexibility index (Phi) is 4.77. The van der Waals surface area contributed by atoms with Crippen LogP contribution in [0.3, 0.4) is 0 Å². The van der Waals surface area contributed by atoms with Gasteiger partial charge in [0, 0.05) is 24.8 Å². The van der Waals surface area contributed by atoms with Gasteiger partial charge in [0.1, 0.15) is 0 Å². The molecular formula is C18H21F2N3O3S. The topological polar surface area (TPSA) is 64.4 Å². The molecule has 0 spiro atoms. The highest BCUT2D eigenvalue weighted by molar-refractivity contribution is 7.89. The van der Waals surface area contributed by atoms with Crippen LogP contribution < -0.4 is 0 Å². The number of rotatable bonds is 5. The predicted molar refractivity (Wildman–Crippen MR) is 93.8 cm³/mol. The van der Waals surface area contributed by atoms with Crippen molar-refractivity contribution in [3.63, 3.8) is 0 Å². The summed E-state index contributed by atoms with van der Waals surface area (Å²) in [5.41, 5.74) is 1.44. The quantitative estimate of drug-likeness (QED) is 0.778. The molecule has 27 heavy (non-hydrogen) atoms. The normalized spacial score (nSPS) is 24.4. The van der Waals surface area contributed by atoms with E-state index in [0.29, 0.717) is 16.2 Å². The molecule has 1 aromatic heterocycles. The van der Waals surface area contributed by atoms with Crippen LogP contribution in [0.25, 0.3) is 0 Å². The molecule has 2 aromatic rings. The van der Waals surface area contributed by atoms with Crippen molar-refractivity contribution in [2.75, 3.05) is 13.1 Å². The molecule has 1 aromatic carbocycles. The number of benzene rings is 1. The van der Waals surface area contributed by atoms with E-state index < -0.39 is 22.7 Å². The second-order valence-corrected chi connectivity index (χ2v) is 9.10. The average Bonchev–Trinajstić information content (AvgIpc) is 3.37. The maximum Gasteiger partial charge on any atom is 0.333 e. The van der Waals surface area contributed by atoms with Crippen molar-refractivity contribution >= 4 is 10.0 Å². The zero-order chi connectivity index (χ0) is 19.2. The molecule has 9 heteroatoms. The van der Waals surface area contributed by atoms with E-state index in [1.165, 1.54) is 16.7 Å². The molecule has 0 amide bonds. The van der Waals surface area contributed by atoms with Crippen molar-refractivity contribution in [2.45, 2.75) is 43.4 Å². The van der Waals surface area contributed by atoms with Gasteiger partial charge in [0.05, 0.1) is 23.3 Å². The number of nitrogens with zero attached hydrogens (tertiary/aromatic N) is 3. The summed E-state index contributed by atoms with van der Waals surface area (Å²) in [6.07, 6.45) is 3.68. The second-order valence-electron chi connectivity index (χ2n) is 7.17. The first kappa shape index (κ1) is 18.5. The van der Waals surface area contributed by atoms with Crippen molar-refractivity contribution in [1.29, 1.82) is 0 Å². The minimum absolute atomic E-state index is 0.0777. The van der Waals surface area contributed by atoms with Crippen molar-refractivity contribution < 1.29 is 21.9 Å². The van der Waals surface area contributed by atoms with E-state index in [2.05, 4.69) is 5.10 Å². The summed E-state index contributed by atoms with van der Waals surface area (Å²) in [4.78, 5) is 0.228. The first-order chi connectivity index (χ1) is 12.8. The standard InChI is InChI=1S/C18H21F2N3O3S/c1-12-2-6-15(7-3-12)27(24,25)22-10-16(13-4-5-13)26-17(11-22)14-8-21-23(9-14)18(19)20/h2-3,6-9,13,16-18H,4-5,10-11H2,1H3. The van der Waals surface area contributed by atoms with E-state index in [1.54, 1.807) is 24.3 Å². The molecular weight excluding hydrogens is 376 g/mol. The Balaban J connectivity index is 1.62. The monoisotopic (exact) mass is 397 g/mol. The molecule has 1 aliphatic heterocycles. The van der Waals surface area contributed by atoms with Gasteiger partial charge in [-0.25, -0.2) is 13.1 Å². The lowest BCUT2D eigenvalue weighted by atomic mass is 10.1. The Morgan fingerprint density at radius 2 is 1.89 bits per heavy atom. The van der Waals surface area contributed by atoms with Crippen LogP contribution in [0.5, 0.6) is 0 Å². The molecule has 2 unspecified atom stereocenters. The van der Waals surface area contributed by atoms with E-state index in [4.69, 9.17) is 4.74 Å². The summed E-state index contributed by atoms with van der Waals surface area (Å²) in [6.45, 7) is -0.492. The number of alkyl halides is 2. The number of aryl methyl sites for hydroxylation is 1. The van der Waals surface area contributed by atoms with Crippen LogP contribution in [0.1, 0.15) is 36.6 Å². The molecule has 0 N–H and O–H groups in total. The van der Waals surface area contributed by atoms with Gasteiger partial charge in [-0.3, -0.25) is 0 Å². The van der Waals surface area contributed by atoms with E-state index >= 15 is 0 Å². The minimum atomic E-state index is -3.69. The molecule has 2 fully saturated rings. The van der Waals surface area contributed by atoms with Crippen LogP contribution in [0, 0.1) is 12.8 Å². The zero-order valence-electron chi connectivity index (χ0n) is 14.8. The van der Waals surface area contributed by atoms with Gasteiger partial charge >= 0.3 is 6.55 Å². The maximum atomic E-state index is 13.1. The highest BCUT2D eigenvalue weighted by atomic mass is 32.2. The fourth-order valence-corrected chi connectivity index (χ4v) is 4.80. The number of sulfonamides is 1. The number of halogens is 2. The summed E-state index contributed by atoms with van der Waals surface area (Å²) in [7, 11) is -3.69. The Bertz CT molecular complexity index is 910. The van der Waals surface area contributed by atoms with Crippen molar-refractivity contribution in [2.24, 2.45) is 5.92 Å². The fraction of sp³-hybridized carbons (Fsp3) is 0.500. The van der Waals surface area contributed by atoms with Gasteiger partial charge in [-0.05, 0) is 37.8 Å². The van der Waals surface area contributed by atoms with E-state index in [0.717, 1.165) is 18.4 Å². The van der Waals surface area contributed by atoms with Crippen molar-refractivity contribution in [1.82, 2.24) is 14.1 Å². The van der Waals surface area contributed by atoms with Gasteiger partial charge in [0.2, 0.25) is 10.0 Å². The average molecular weight is 397 g/mol. The first-order valence-electron chi connectivity index (χ1n) is 8.89. The second kappa shape index (κ2) is 6.96. The third-order valence-electron chi connectivity index (χ3n) is 5.09. The van der Waals surface area contributed by atoms with E-state index in [9.17, 15) is 17.2 Å². The number of morpholine rings is 1. The number of hydrogen-bond donors (Lipinski definition) is 0. The molecule has 1 saturated carbocycles. The lowest BCUT2D eigenvalue weighted by Gasteiger charge is -2.37. The highest BCUT2D eigenvalue weighted by Crippen LogP contribution is 2.40. The molecule has 1 saturated heterocycles. The maximum absolute atomic E-state index is 13.1. The molecule has 146 valence electrons. The van der Waals surface area contributed by atoms with Crippen molar-refractivity contribution in [3.8, 4) is 0 Å². The third-order valence-corrected chi connectivity index (χ3v) is 6.94. The van der Waals surface area contributed by atoms with E-state index in [-0.39, 0.29) is 24.1 Å². The lowest BCUT2D eigenvalue weighted by Crippen LogP contribution is -2.47. The summed E-state index contributed by atoms with van der Waals surface area (Å²) in [5, 5.41) is 3.65. The smallest absolute Gasteiger partial charge is 0.333 e. The highest BCUT2D eigenvalue weighted by Gasteiger charge is 2.42. The minimum Gasteiger partial charge on any atom is -0.367 e. The molecule has 0 bridgehead atoms. The molecule has 2 heterocycles. The van der Waals surface area contributed by atoms with Gasteiger partial charge in [-0.1, -0.05) is 17.7 Å². The predicted octanol–water partition coefficient (Wildman–Crippen LogP) is 3.13. The van der Waals surface area contributed by atoms with Gasteiger partial charge in [-0.2, -0.15) is 18.2 Å². The molecule has 2 atom stereocenters. The molecule has 0 radical (unpaired) electrons. The molecule has 2 aliphatic rings. The van der Waals surface area contributed by atoms with Crippen LogP contribution in [0.15, 0.2) is 41.6 Å². The van der Waals surface area contributed by atoms with Gasteiger partial charge in [0.25, 0.3) is 0 Å². The van der Waals surface area contributed by atoms with Crippen LogP contribution in [0.4, 0.5) is 8.78 Å². The SMILES string of the molecule is Cc1ccc(S(=O)(=O)N2CC(c3cnn(C(F)F)c3)OC(C3CC3)C2)cc1. The number of ether oxygens (including phenoxy) is 1. The summed E-state index contributed by atoms with van der Waals surface area (Å²) < 4.78 is 59.9. The van der Waals surface area contributed by atoms with Crippen LogP contribution >= 0.6 is 0 Å². The zero-order valence-corrected chi connectivity index (χ0v) is 15.6. The van der Waals surface area contributed by atoms with Crippen LogP contribution in [-0.2, 0) is 14.8 Å².